The molecule has 120 valence electrons. The van der Waals surface area contributed by atoms with Crippen LogP contribution in [0.3, 0.4) is 0 Å². The molecule has 0 aliphatic carbocycles. The molecule has 0 aliphatic heterocycles. The van der Waals surface area contributed by atoms with Crippen LogP contribution in [0.5, 0.6) is 0 Å². The van der Waals surface area contributed by atoms with Gasteiger partial charge in [0.2, 0.25) is 11.7 Å². The summed E-state index contributed by atoms with van der Waals surface area (Å²) in [7, 11) is 1.81. The Morgan fingerprint density at radius 3 is 2.57 bits per heavy atom. The average Bonchev–Trinajstić information content (AvgIpc) is 3.13. The third-order valence-electron chi connectivity index (χ3n) is 2.93. The molecule has 0 spiro atoms. The molecule has 3 rings (SSSR count). The van der Waals surface area contributed by atoms with Crippen molar-refractivity contribution in [2.24, 2.45) is 7.05 Å². The smallest absolute Gasteiger partial charge is 0.338 e. The molecular weight excluding hydrogens is 331 g/mol. The Labute approximate surface area is 132 Å². The van der Waals surface area contributed by atoms with Crippen LogP contribution in [0.2, 0.25) is 0 Å². The number of hydrogen-bond donors (Lipinski definition) is 0. The van der Waals surface area contributed by atoms with Crippen LogP contribution < -0.4 is 0 Å². The van der Waals surface area contributed by atoms with Crippen LogP contribution in [-0.4, -0.2) is 24.9 Å². The van der Waals surface area contributed by atoms with Gasteiger partial charge < -0.3 is 9.09 Å². The molecule has 0 N–H and O–H groups in total. The van der Waals surface area contributed by atoms with E-state index in [2.05, 4.69) is 20.3 Å². The van der Waals surface area contributed by atoms with Crippen LogP contribution in [0.4, 0.5) is 13.2 Å². The van der Waals surface area contributed by atoms with Crippen molar-refractivity contribution >= 4 is 11.8 Å². The van der Waals surface area contributed by atoms with E-state index < -0.39 is 11.7 Å². The molecule has 10 heteroatoms. The van der Waals surface area contributed by atoms with Crippen LogP contribution in [0.25, 0.3) is 11.4 Å². The van der Waals surface area contributed by atoms with Gasteiger partial charge in [-0.05, 0) is 12.1 Å². The molecule has 23 heavy (non-hydrogen) atoms. The van der Waals surface area contributed by atoms with Crippen LogP contribution in [-0.2, 0) is 19.0 Å². The second-order valence-corrected chi connectivity index (χ2v) is 5.54. The fourth-order valence-electron chi connectivity index (χ4n) is 1.77. The molecule has 0 amide bonds. The van der Waals surface area contributed by atoms with E-state index in [1.807, 2.05) is 7.05 Å². The van der Waals surface area contributed by atoms with Gasteiger partial charge in [-0.2, -0.15) is 18.2 Å². The molecule has 6 nitrogen and oxygen atoms in total. The van der Waals surface area contributed by atoms with Gasteiger partial charge in [-0.1, -0.05) is 29.1 Å². The maximum Gasteiger partial charge on any atom is 0.416 e. The quantitative estimate of drug-likeness (QED) is 0.679. The summed E-state index contributed by atoms with van der Waals surface area (Å²) in [6, 6.07) is 4.60. The molecule has 1 aromatic carbocycles. The Morgan fingerprint density at radius 1 is 1.22 bits per heavy atom. The predicted molar refractivity (Wildman–Crippen MR) is 75.3 cm³/mol. The maximum absolute atomic E-state index is 12.5. The van der Waals surface area contributed by atoms with Gasteiger partial charge in [0, 0.05) is 12.6 Å². The Kier molecular flexibility index (Phi) is 4.07. The van der Waals surface area contributed by atoms with E-state index in [1.54, 1.807) is 10.9 Å². The highest BCUT2D eigenvalue weighted by Crippen LogP contribution is 2.30. The van der Waals surface area contributed by atoms with Gasteiger partial charge in [-0.15, -0.1) is 10.2 Å². The minimum Gasteiger partial charge on any atom is -0.338 e. The van der Waals surface area contributed by atoms with Crippen LogP contribution in [0, 0.1) is 0 Å². The van der Waals surface area contributed by atoms with Crippen molar-refractivity contribution < 1.29 is 17.7 Å². The lowest BCUT2D eigenvalue weighted by Gasteiger charge is -2.05. The normalized spacial score (nSPS) is 11.8. The molecule has 2 aromatic heterocycles. The first kappa shape index (κ1) is 15.5. The van der Waals surface area contributed by atoms with E-state index in [0.717, 1.165) is 12.1 Å². The van der Waals surface area contributed by atoms with Gasteiger partial charge in [0.15, 0.2) is 5.16 Å². The zero-order chi connectivity index (χ0) is 16.4. The molecule has 0 saturated carbocycles. The molecule has 0 saturated heterocycles. The van der Waals surface area contributed by atoms with Crippen LogP contribution in [0.15, 0.2) is 40.3 Å². The highest BCUT2D eigenvalue weighted by atomic mass is 32.2. The number of halogens is 3. The largest absolute Gasteiger partial charge is 0.416 e. The van der Waals surface area contributed by atoms with Gasteiger partial charge in [0.25, 0.3) is 0 Å². The fraction of sp³-hybridized carbons (Fsp3) is 0.231. The lowest BCUT2D eigenvalue weighted by Crippen LogP contribution is -2.04. The summed E-state index contributed by atoms with van der Waals surface area (Å²) in [6.07, 6.45) is -2.79. The van der Waals surface area contributed by atoms with E-state index in [9.17, 15) is 13.2 Å². The van der Waals surface area contributed by atoms with E-state index in [4.69, 9.17) is 4.52 Å². The minimum absolute atomic E-state index is 0.243. The van der Waals surface area contributed by atoms with Gasteiger partial charge in [0.1, 0.15) is 6.33 Å². The summed E-state index contributed by atoms with van der Waals surface area (Å²) in [4.78, 5) is 4.16. The highest BCUT2D eigenvalue weighted by Gasteiger charge is 2.30. The van der Waals surface area contributed by atoms with E-state index in [1.165, 1.54) is 23.9 Å². The number of hydrogen-bond acceptors (Lipinski definition) is 6. The fourth-order valence-corrected chi connectivity index (χ4v) is 2.49. The summed E-state index contributed by atoms with van der Waals surface area (Å²) >= 11 is 1.37. The number of benzene rings is 1. The molecule has 0 atom stereocenters. The number of aryl methyl sites for hydroxylation is 1. The number of alkyl halides is 3. The molecule has 0 bridgehead atoms. The van der Waals surface area contributed by atoms with Crippen molar-refractivity contribution in [3.05, 3.63) is 42.0 Å². The maximum atomic E-state index is 12.5. The van der Waals surface area contributed by atoms with Crippen molar-refractivity contribution in [3.63, 3.8) is 0 Å². The van der Waals surface area contributed by atoms with Crippen molar-refractivity contribution in [2.45, 2.75) is 17.1 Å². The first-order valence-electron chi connectivity index (χ1n) is 6.40. The molecular formula is C13H10F3N5OS. The van der Waals surface area contributed by atoms with Crippen LogP contribution >= 0.6 is 11.8 Å². The van der Waals surface area contributed by atoms with Crippen molar-refractivity contribution in [1.29, 1.82) is 0 Å². The monoisotopic (exact) mass is 341 g/mol. The number of thioether (sulfide) groups is 1. The van der Waals surface area contributed by atoms with E-state index in [-0.39, 0.29) is 5.82 Å². The Balaban J connectivity index is 1.70. The first-order valence-corrected chi connectivity index (χ1v) is 7.39. The standard InChI is InChI=1S/C13H10F3N5OS/c1-21-7-17-19-12(21)23-6-10-18-11(20-22-10)8-2-4-9(5-3-8)13(14,15)16/h2-5,7H,6H2,1H3. The zero-order valence-electron chi connectivity index (χ0n) is 11.8. The number of aromatic nitrogens is 5. The SMILES string of the molecule is Cn1cnnc1SCc1nc(-c2ccc(C(F)(F)F)cc2)no1. The Hall–Kier alpha value is -2.36. The summed E-state index contributed by atoms with van der Waals surface area (Å²) in [5.74, 6) is 0.986. The summed E-state index contributed by atoms with van der Waals surface area (Å²) in [5, 5.41) is 12.1. The lowest BCUT2D eigenvalue weighted by atomic mass is 10.1. The van der Waals surface area contributed by atoms with Crippen molar-refractivity contribution in [3.8, 4) is 11.4 Å². The van der Waals surface area contributed by atoms with Gasteiger partial charge in [-0.3, -0.25) is 0 Å². The van der Waals surface area contributed by atoms with Gasteiger partial charge in [-0.25, -0.2) is 0 Å². The lowest BCUT2D eigenvalue weighted by molar-refractivity contribution is -0.137. The number of nitrogens with zero attached hydrogens (tertiary/aromatic N) is 5. The van der Waals surface area contributed by atoms with Gasteiger partial charge in [0.05, 0.1) is 11.3 Å². The van der Waals surface area contributed by atoms with Crippen LogP contribution in [0.1, 0.15) is 11.5 Å². The molecule has 0 radical (unpaired) electrons. The first-order chi connectivity index (χ1) is 10.9. The van der Waals surface area contributed by atoms with Crippen molar-refractivity contribution in [2.75, 3.05) is 0 Å². The third kappa shape index (κ3) is 3.52. The summed E-state index contributed by atoms with van der Waals surface area (Å²) < 4.78 is 44.4. The molecule has 0 unspecified atom stereocenters. The molecule has 2 heterocycles. The van der Waals surface area contributed by atoms with Gasteiger partial charge >= 0.3 is 6.18 Å². The average molecular weight is 341 g/mol. The minimum atomic E-state index is -4.37. The second kappa shape index (κ2) is 6.03. The number of rotatable bonds is 4. The second-order valence-electron chi connectivity index (χ2n) is 4.60. The zero-order valence-corrected chi connectivity index (χ0v) is 12.6. The molecule has 3 aromatic rings. The topological polar surface area (TPSA) is 69.6 Å². The summed E-state index contributed by atoms with van der Waals surface area (Å²) in [6.45, 7) is 0. The Bertz CT molecular complexity index is 797. The highest BCUT2D eigenvalue weighted by molar-refractivity contribution is 7.98. The predicted octanol–water partition coefficient (Wildman–Crippen LogP) is 3.18. The van der Waals surface area contributed by atoms with Crippen molar-refractivity contribution in [1.82, 2.24) is 24.9 Å². The molecule has 0 fully saturated rings. The molecule has 0 aliphatic rings. The third-order valence-corrected chi connectivity index (χ3v) is 3.95. The van der Waals surface area contributed by atoms with E-state index in [0.29, 0.717) is 22.4 Å². The van der Waals surface area contributed by atoms with E-state index >= 15 is 0 Å². The summed E-state index contributed by atoms with van der Waals surface area (Å²) in [5.41, 5.74) is -0.264. The Morgan fingerprint density at radius 2 is 1.96 bits per heavy atom.